The van der Waals surface area contributed by atoms with Crippen LogP contribution in [0.2, 0.25) is 0 Å². The van der Waals surface area contributed by atoms with E-state index in [0.717, 1.165) is 16.3 Å². The molecule has 0 saturated carbocycles. The molecular weight excluding hydrogens is 206 g/mol. The van der Waals surface area contributed by atoms with Gasteiger partial charge in [0.25, 0.3) is 0 Å². The van der Waals surface area contributed by atoms with Crippen LogP contribution in [0.25, 0.3) is 11.3 Å². The van der Waals surface area contributed by atoms with Crippen LogP contribution in [0.3, 0.4) is 0 Å². The average molecular weight is 219 g/mol. The molecule has 2 rings (SSSR count). The molecule has 15 heavy (non-hydrogen) atoms. The van der Waals surface area contributed by atoms with E-state index in [4.69, 9.17) is 5.73 Å². The van der Waals surface area contributed by atoms with E-state index >= 15 is 0 Å². The van der Waals surface area contributed by atoms with Crippen LogP contribution in [0, 0.1) is 0 Å². The second-order valence-corrected chi connectivity index (χ2v) is 4.39. The summed E-state index contributed by atoms with van der Waals surface area (Å²) >= 11 is 1.33. The summed E-state index contributed by atoms with van der Waals surface area (Å²) in [6.07, 6.45) is 0. The van der Waals surface area contributed by atoms with Crippen molar-refractivity contribution in [3.63, 3.8) is 0 Å². The number of hydrogen-bond donors (Lipinski definition) is 1. The maximum Gasteiger partial charge on any atom is 0.107 e. The number of nitrogen functional groups attached to an aromatic ring is 1. The molecule has 1 aromatic heterocycles. The number of hydrogen-bond acceptors (Lipinski definition) is 4. The highest BCUT2D eigenvalue weighted by Gasteiger charge is 2.02. The molecule has 0 atom stereocenters. The third-order valence-corrected chi connectivity index (χ3v) is 2.82. The van der Waals surface area contributed by atoms with E-state index in [1.165, 1.54) is 17.2 Å². The monoisotopic (exact) mass is 219 g/mol. The zero-order chi connectivity index (χ0) is 10.8. The maximum atomic E-state index is 5.64. The number of nitrogens with two attached hydrogens (primary N) is 1. The Bertz CT molecular complexity index is 445. The minimum atomic E-state index is 0.752. The van der Waals surface area contributed by atoms with Crippen molar-refractivity contribution in [2.75, 3.05) is 24.7 Å². The Labute approximate surface area is 93.3 Å². The second kappa shape index (κ2) is 3.90. The normalized spacial score (nSPS) is 10.3. The van der Waals surface area contributed by atoms with Crippen LogP contribution in [0.4, 0.5) is 10.7 Å². The largest absolute Gasteiger partial charge is 0.389 e. The standard InChI is InChI=1S/C11H13N3S/c1-14(2)9-5-3-8(4-6-9)10-7-11(12)15-13-10/h3-7H,12H2,1-2H3. The number of benzene rings is 1. The van der Waals surface area contributed by atoms with Crippen molar-refractivity contribution in [1.82, 2.24) is 4.37 Å². The summed E-state index contributed by atoms with van der Waals surface area (Å²) in [5, 5.41) is 0.752. The topological polar surface area (TPSA) is 42.1 Å². The van der Waals surface area contributed by atoms with Gasteiger partial charge in [0.05, 0.1) is 5.69 Å². The summed E-state index contributed by atoms with van der Waals surface area (Å²) in [4.78, 5) is 2.07. The molecule has 0 fully saturated rings. The minimum absolute atomic E-state index is 0.752. The zero-order valence-corrected chi connectivity index (χ0v) is 9.58. The summed E-state index contributed by atoms with van der Waals surface area (Å²) in [5.74, 6) is 0. The fraction of sp³-hybridized carbons (Fsp3) is 0.182. The number of nitrogens with zero attached hydrogens (tertiary/aromatic N) is 2. The van der Waals surface area contributed by atoms with E-state index in [0.29, 0.717) is 0 Å². The smallest absolute Gasteiger partial charge is 0.107 e. The van der Waals surface area contributed by atoms with E-state index in [2.05, 4.69) is 33.5 Å². The van der Waals surface area contributed by atoms with Crippen LogP contribution in [-0.4, -0.2) is 18.5 Å². The van der Waals surface area contributed by atoms with Gasteiger partial charge in [0.2, 0.25) is 0 Å². The van der Waals surface area contributed by atoms with Crippen LogP contribution in [0.5, 0.6) is 0 Å². The van der Waals surface area contributed by atoms with Gasteiger partial charge < -0.3 is 10.6 Å². The van der Waals surface area contributed by atoms with Crippen molar-refractivity contribution in [2.24, 2.45) is 0 Å². The molecule has 0 amide bonds. The lowest BCUT2D eigenvalue weighted by Crippen LogP contribution is -2.07. The molecule has 0 bridgehead atoms. The van der Waals surface area contributed by atoms with Gasteiger partial charge in [-0.25, -0.2) is 0 Å². The Morgan fingerprint density at radius 3 is 2.33 bits per heavy atom. The molecule has 2 aromatic rings. The molecular formula is C11H13N3S. The van der Waals surface area contributed by atoms with Gasteiger partial charge >= 0.3 is 0 Å². The predicted molar refractivity (Wildman–Crippen MR) is 66.3 cm³/mol. The molecule has 0 saturated heterocycles. The van der Waals surface area contributed by atoms with E-state index in [1.807, 2.05) is 20.2 Å². The molecule has 0 radical (unpaired) electrons. The molecule has 0 aliphatic heterocycles. The first kappa shape index (κ1) is 9.98. The summed E-state index contributed by atoms with van der Waals surface area (Å²) < 4.78 is 4.26. The Balaban J connectivity index is 2.31. The quantitative estimate of drug-likeness (QED) is 0.843. The summed E-state index contributed by atoms with van der Waals surface area (Å²) in [6, 6.07) is 10.2. The van der Waals surface area contributed by atoms with Crippen molar-refractivity contribution in [3.8, 4) is 11.3 Å². The third-order valence-electron chi connectivity index (χ3n) is 2.21. The number of anilines is 2. The maximum absolute atomic E-state index is 5.64. The molecule has 0 aliphatic carbocycles. The van der Waals surface area contributed by atoms with Crippen molar-refractivity contribution in [2.45, 2.75) is 0 Å². The molecule has 3 nitrogen and oxygen atoms in total. The first-order valence-corrected chi connectivity index (χ1v) is 5.44. The summed E-state index contributed by atoms with van der Waals surface area (Å²) in [5.41, 5.74) is 8.88. The Kier molecular flexibility index (Phi) is 2.60. The first-order valence-electron chi connectivity index (χ1n) is 4.67. The van der Waals surface area contributed by atoms with Crippen molar-refractivity contribution in [3.05, 3.63) is 30.3 Å². The molecule has 1 aromatic carbocycles. The van der Waals surface area contributed by atoms with Crippen LogP contribution < -0.4 is 10.6 Å². The molecule has 2 N–H and O–H groups in total. The average Bonchev–Trinajstić information content (AvgIpc) is 2.65. The van der Waals surface area contributed by atoms with E-state index in [1.54, 1.807) is 0 Å². The van der Waals surface area contributed by atoms with Gasteiger partial charge in [-0.1, -0.05) is 12.1 Å². The fourth-order valence-corrected chi connectivity index (χ4v) is 1.88. The minimum Gasteiger partial charge on any atom is -0.389 e. The third kappa shape index (κ3) is 2.10. The SMILES string of the molecule is CN(C)c1ccc(-c2cc(N)sn2)cc1. The molecule has 0 aliphatic rings. The zero-order valence-electron chi connectivity index (χ0n) is 8.77. The lowest BCUT2D eigenvalue weighted by atomic mass is 10.1. The summed E-state index contributed by atoms with van der Waals surface area (Å²) in [7, 11) is 4.05. The van der Waals surface area contributed by atoms with Gasteiger partial charge in [-0.3, -0.25) is 0 Å². The van der Waals surface area contributed by atoms with E-state index in [9.17, 15) is 0 Å². The van der Waals surface area contributed by atoms with Gasteiger partial charge in [0, 0.05) is 31.4 Å². The van der Waals surface area contributed by atoms with Crippen LogP contribution >= 0.6 is 11.5 Å². The van der Waals surface area contributed by atoms with Gasteiger partial charge in [0.1, 0.15) is 5.00 Å². The second-order valence-electron chi connectivity index (χ2n) is 3.56. The van der Waals surface area contributed by atoms with Crippen molar-refractivity contribution < 1.29 is 0 Å². The summed E-state index contributed by atoms with van der Waals surface area (Å²) in [6.45, 7) is 0. The molecule has 0 spiro atoms. The van der Waals surface area contributed by atoms with Gasteiger partial charge in [-0.05, 0) is 23.7 Å². The number of aromatic nitrogens is 1. The van der Waals surface area contributed by atoms with E-state index in [-0.39, 0.29) is 0 Å². The molecule has 78 valence electrons. The van der Waals surface area contributed by atoms with Gasteiger partial charge in [-0.2, -0.15) is 4.37 Å². The number of rotatable bonds is 2. The molecule has 0 unspecified atom stereocenters. The first-order chi connectivity index (χ1) is 7.16. The highest BCUT2D eigenvalue weighted by atomic mass is 32.1. The highest BCUT2D eigenvalue weighted by Crippen LogP contribution is 2.24. The van der Waals surface area contributed by atoms with Crippen LogP contribution in [0.15, 0.2) is 30.3 Å². The highest BCUT2D eigenvalue weighted by molar-refractivity contribution is 7.10. The fourth-order valence-electron chi connectivity index (χ4n) is 1.36. The lowest BCUT2D eigenvalue weighted by molar-refractivity contribution is 1.13. The van der Waals surface area contributed by atoms with Crippen molar-refractivity contribution >= 4 is 22.2 Å². The van der Waals surface area contributed by atoms with Gasteiger partial charge in [-0.15, -0.1) is 0 Å². The Morgan fingerprint density at radius 2 is 1.87 bits per heavy atom. The molecule has 4 heteroatoms. The Hall–Kier alpha value is -1.55. The Morgan fingerprint density at radius 1 is 1.20 bits per heavy atom. The van der Waals surface area contributed by atoms with Crippen LogP contribution in [0.1, 0.15) is 0 Å². The van der Waals surface area contributed by atoms with Gasteiger partial charge in [0.15, 0.2) is 0 Å². The van der Waals surface area contributed by atoms with Crippen molar-refractivity contribution in [1.29, 1.82) is 0 Å². The van der Waals surface area contributed by atoms with Crippen LogP contribution in [-0.2, 0) is 0 Å². The van der Waals surface area contributed by atoms with E-state index < -0.39 is 0 Å². The predicted octanol–water partition coefficient (Wildman–Crippen LogP) is 2.46. The lowest BCUT2D eigenvalue weighted by Gasteiger charge is -2.11. The molecule has 1 heterocycles.